The normalized spacial score (nSPS) is 13.2. The van der Waals surface area contributed by atoms with Gasteiger partial charge in [0.1, 0.15) is 5.69 Å². The van der Waals surface area contributed by atoms with Crippen LogP contribution >= 0.6 is 0 Å². The van der Waals surface area contributed by atoms with Crippen LogP contribution in [0.4, 0.5) is 17.1 Å². The molecule has 0 aliphatic rings. The van der Waals surface area contributed by atoms with Gasteiger partial charge in [-0.3, -0.25) is 9.35 Å². The van der Waals surface area contributed by atoms with E-state index in [1.54, 1.807) is 0 Å². The number of rotatable bonds is 9. The van der Waals surface area contributed by atoms with Crippen molar-refractivity contribution in [3.63, 3.8) is 0 Å². The molecule has 4 N–H and O–H groups in total. The van der Waals surface area contributed by atoms with Crippen molar-refractivity contribution in [3.8, 4) is 5.75 Å². The van der Waals surface area contributed by atoms with Gasteiger partial charge in [-0.15, -0.1) is 5.11 Å². The minimum absolute atomic E-state index is 0.137. The molecule has 3 rings (SSSR count). The molecule has 0 spiro atoms. The summed E-state index contributed by atoms with van der Waals surface area (Å²) in [6.07, 6.45) is 0. The molecule has 3 aromatic carbocycles. The van der Waals surface area contributed by atoms with Gasteiger partial charge < -0.3 is 15.0 Å². The Morgan fingerprint density at radius 1 is 1.06 bits per heavy atom. The van der Waals surface area contributed by atoms with Gasteiger partial charge in [0.15, 0.2) is 26.7 Å². The number of hydrogen-bond donors (Lipinski definition) is 4. The van der Waals surface area contributed by atoms with Crippen LogP contribution in [-0.2, 0) is 40.3 Å². The maximum Gasteiger partial charge on any atom is 0.397 e. The monoisotopic (exact) mass is 557 g/mol. The summed E-state index contributed by atoms with van der Waals surface area (Å²) in [7, 11) is -8.71. The first-order valence-corrected chi connectivity index (χ1v) is 13.9. The van der Waals surface area contributed by atoms with Crippen LogP contribution in [0, 0.1) is 0 Å². The van der Waals surface area contributed by atoms with Gasteiger partial charge in [0, 0.05) is 18.0 Å². The van der Waals surface area contributed by atoms with E-state index in [0.717, 1.165) is 0 Å². The van der Waals surface area contributed by atoms with E-state index in [9.17, 15) is 35.5 Å². The first-order valence-electron chi connectivity index (χ1n) is 9.81. The smallest absolute Gasteiger partial charge is 0.397 e. The zero-order valence-corrected chi connectivity index (χ0v) is 20.8. The number of carbonyl (C=O) groups is 1. The molecule has 16 heteroatoms. The van der Waals surface area contributed by atoms with E-state index in [0.29, 0.717) is 11.1 Å². The number of sulfone groups is 1. The van der Waals surface area contributed by atoms with Crippen molar-refractivity contribution >= 4 is 65.1 Å². The van der Waals surface area contributed by atoms with Crippen LogP contribution in [-0.4, -0.2) is 53.5 Å². The Morgan fingerprint density at radius 2 is 1.72 bits per heavy atom. The van der Waals surface area contributed by atoms with E-state index >= 15 is 0 Å². The molecule has 36 heavy (non-hydrogen) atoms. The number of aromatic hydroxyl groups is 1. The average Bonchev–Trinajstić information content (AvgIpc) is 2.77. The van der Waals surface area contributed by atoms with Gasteiger partial charge in [-0.25, -0.2) is 16.8 Å². The number of carbonyl (C=O) groups excluding carboxylic acids is 1. The highest BCUT2D eigenvalue weighted by Gasteiger charge is 2.18. The summed E-state index contributed by atoms with van der Waals surface area (Å²) < 4.78 is 79.7. The topological polar surface area (TPSA) is 209 Å². The van der Waals surface area contributed by atoms with Gasteiger partial charge in [0.2, 0.25) is 5.91 Å². The number of hydrogen-bond acceptors (Lipinski definition) is 10. The SMILES string of the molecule is CC(=O)Nc1ccc2c(O)c(N=Nc3ccc(S(=O)(=O)CCOS(=O)(=O)O)cc3)c(S(=O)O)cc2c1. The second-order valence-electron chi connectivity index (χ2n) is 7.20. The Balaban J connectivity index is 1.90. The van der Waals surface area contributed by atoms with Crippen molar-refractivity contribution in [3.05, 3.63) is 48.5 Å². The molecule has 0 aromatic heterocycles. The molecular formula is C20H19N3O10S3. The molecule has 0 radical (unpaired) electrons. The predicted molar refractivity (Wildman–Crippen MR) is 129 cm³/mol. The van der Waals surface area contributed by atoms with Gasteiger partial charge in [-0.2, -0.15) is 13.5 Å². The molecule has 0 aliphatic carbocycles. The van der Waals surface area contributed by atoms with Crippen LogP contribution < -0.4 is 5.32 Å². The fraction of sp³-hybridized carbons (Fsp3) is 0.150. The van der Waals surface area contributed by atoms with E-state index in [4.69, 9.17) is 4.55 Å². The van der Waals surface area contributed by atoms with Gasteiger partial charge in [0.25, 0.3) is 0 Å². The molecule has 0 bridgehead atoms. The summed E-state index contributed by atoms with van der Waals surface area (Å²) >= 11 is -2.56. The van der Waals surface area contributed by atoms with Crippen LogP contribution in [0.2, 0.25) is 0 Å². The van der Waals surface area contributed by atoms with Crippen LogP contribution in [0.5, 0.6) is 5.75 Å². The van der Waals surface area contributed by atoms with Crippen molar-refractivity contribution < 1.29 is 44.2 Å². The fourth-order valence-electron chi connectivity index (χ4n) is 3.06. The Bertz CT molecular complexity index is 1590. The third-order valence-corrected chi connectivity index (χ3v) is 7.45. The molecule has 1 amide bonds. The first kappa shape index (κ1) is 27.3. The molecule has 0 fully saturated rings. The number of phenolic OH excluding ortho intramolecular Hbond substituents is 1. The van der Waals surface area contributed by atoms with Crippen LogP contribution in [0.15, 0.2) is 68.6 Å². The van der Waals surface area contributed by atoms with Crippen LogP contribution in [0.25, 0.3) is 10.8 Å². The molecular weight excluding hydrogens is 538 g/mol. The van der Waals surface area contributed by atoms with Gasteiger partial charge in [0.05, 0.1) is 27.8 Å². The van der Waals surface area contributed by atoms with Crippen molar-refractivity contribution in [1.29, 1.82) is 0 Å². The van der Waals surface area contributed by atoms with Crippen molar-refractivity contribution in [2.75, 3.05) is 17.7 Å². The standard InChI is InChI=1S/C20H19N3O10S3/c1-12(24)21-15-4-7-17-13(10-15)11-18(34(26)27)19(20(17)25)23-22-14-2-5-16(6-3-14)35(28,29)9-8-33-36(30,31)32/h2-7,10-11,25H,8-9H2,1H3,(H,21,24)(H,26,27)(H,30,31,32). The molecule has 1 unspecified atom stereocenters. The molecule has 0 heterocycles. The lowest BCUT2D eigenvalue weighted by atomic mass is 10.1. The number of nitrogens with zero attached hydrogens (tertiary/aromatic N) is 2. The van der Waals surface area contributed by atoms with E-state index in [1.165, 1.54) is 55.5 Å². The fourth-order valence-corrected chi connectivity index (χ4v) is 5.08. The number of fused-ring (bicyclic) bond motifs is 1. The zero-order chi connectivity index (χ0) is 26.7. The Kier molecular flexibility index (Phi) is 8.17. The van der Waals surface area contributed by atoms with E-state index in [-0.39, 0.29) is 32.5 Å². The van der Waals surface area contributed by atoms with Gasteiger partial charge >= 0.3 is 10.4 Å². The Hall–Kier alpha value is -3.28. The summed E-state index contributed by atoms with van der Waals surface area (Å²) in [6.45, 7) is 0.539. The second kappa shape index (κ2) is 10.8. The minimum atomic E-state index is -4.77. The van der Waals surface area contributed by atoms with Crippen LogP contribution in [0.1, 0.15) is 6.92 Å². The van der Waals surface area contributed by atoms with Crippen molar-refractivity contribution in [2.24, 2.45) is 10.2 Å². The molecule has 13 nitrogen and oxygen atoms in total. The van der Waals surface area contributed by atoms with Gasteiger partial charge in [-0.05, 0) is 53.9 Å². The lowest BCUT2D eigenvalue weighted by Crippen LogP contribution is -2.15. The molecule has 3 aromatic rings. The summed E-state index contributed by atoms with van der Waals surface area (Å²) in [4.78, 5) is 10.8. The first-order chi connectivity index (χ1) is 16.8. The zero-order valence-electron chi connectivity index (χ0n) is 18.4. The highest BCUT2D eigenvalue weighted by Crippen LogP contribution is 2.41. The quantitative estimate of drug-likeness (QED) is 0.172. The molecule has 192 valence electrons. The van der Waals surface area contributed by atoms with Crippen molar-refractivity contribution in [2.45, 2.75) is 16.7 Å². The summed E-state index contributed by atoms with van der Waals surface area (Å²) in [6, 6.07) is 10.7. The number of azo groups is 1. The highest BCUT2D eigenvalue weighted by atomic mass is 32.3. The largest absolute Gasteiger partial charge is 0.505 e. The number of benzene rings is 3. The van der Waals surface area contributed by atoms with Gasteiger partial charge in [-0.1, -0.05) is 0 Å². The molecule has 0 aliphatic heterocycles. The van der Waals surface area contributed by atoms with E-state index < -0.39 is 49.4 Å². The highest BCUT2D eigenvalue weighted by molar-refractivity contribution is 7.91. The number of anilines is 1. The lowest BCUT2D eigenvalue weighted by molar-refractivity contribution is -0.114. The maximum atomic E-state index is 12.3. The minimum Gasteiger partial charge on any atom is -0.505 e. The average molecular weight is 558 g/mol. The summed E-state index contributed by atoms with van der Waals surface area (Å²) in [5, 5.41) is 21.7. The van der Waals surface area contributed by atoms with E-state index in [2.05, 4.69) is 19.7 Å². The number of phenols is 1. The molecule has 0 saturated carbocycles. The second-order valence-corrected chi connectivity index (χ2v) is 11.3. The Morgan fingerprint density at radius 3 is 2.31 bits per heavy atom. The maximum absolute atomic E-state index is 12.3. The Labute approximate surface area is 208 Å². The third-order valence-electron chi connectivity index (χ3n) is 4.61. The summed E-state index contributed by atoms with van der Waals surface area (Å²) in [5.74, 6) is -1.46. The molecule has 1 atom stereocenters. The lowest BCUT2D eigenvalue weighted by Gasteiger charge is -2.10. The molecule has 0 saturated heterocycles. The third kappa shape index (κ3) is 6.90. The predicted octanol–water partition coefficient (Wildman–Crippen LogP) is 3.09. The number of nitrogens with one attached hydrogen (secondary N) is 1. The van der Waals surface area contributed by atoms with Crippen LogP contribution in [0.3, 0.4) is 0 Å². The summed E-state index contributed by atoms with van der Waals surface area (Å²) in [5.41, 5.74) is 0.269. The number of amides is 1. The van der Waals surface area contributed by atoms with Crippen molar-refractivity contribution in [1.82, 2.24) is 0 Å². The van der Waals surface area contributed by atoms with E-state index in [1.807, 2.05) is 0 Å².